The second-order valence-corrected chi connectivity index (χ2v) is 6.11. The van der Waals surface area contributed by atoms with E-state index in [2.05, 4.69) is 15.8 Å². The molecule has 0 saturated heterocycles. The molecule has 1 saturated carbocycles. The van der Waals surface area contributed by atoms with E-state index < -0.39 is 4.92 Å². The van der Waals surface area contributed by atoms with Gasteiger partial charge >= 0.3 is 0 Å². The molecule has 0 unspecified atom stereocenters. The Bertz CT molecular complexity index is 674. The normalized spacial score (nSPS) is 17.0. The minimum atomic E-state index is -0.484. The Hall–Kier alpha value is -2.42. The van der Waals surface area contributed by atoms with Crippen LogP contribution >= 0.6 is 12.2 Å². The van der Waals surface area contributed by atoms with E-state index in [1.54, 1.807) is 0 Å². The predicted molar refractivity (Wildman–Crippen MR) is 92.6 cm³/mol. The van der Waals surface area contributed by atoms with Crippen LogP contribution in [0.3, 0.4) is 0 Å². The molecule has 0 atom stereocenters. The van der Waals surface area contributed by atoms with Gasteiger partial charge in [0.2, 0.25) is 6.79 Å². The Morgan fingerprint density at radius 3 is 2.71 bits per heavy atom. The molecule has 1 aromatic rings. The molecule has 2 aliphatic rings. The number of nitro benzene ring substituents is 1. The molecule has 0 aromatic heterocycles. The van der Waals surface area contributed by atoms with Crippen molar-refractivity contribution in [2.24, 2.45) is 5.10 Å². The molecule has 8 nitrogen and oxygen atoms in total. The molecular formula is C15H18N4O4S. The number of ether oxygens (including phenoxy) is 2. The average molecular weight is 350 g/mol. The molecule has 1 fully saturated rings. The van der Waals surface area contributed by atoms with Crippen molar-refractivity contribution in [3.05, 3.63) is 27.8 Å². The highest BCUT2D eigenvalue weighted by atomic mass is 32.1. The number of fused-ring (bicyclic) bond motifs is 1. The highest BCUT2D eigenvalue weighted by Crippen LogP contribution is 2.37. The first-order valence-electron chi connectivity index (χ1n) is 7.81. The molecule has 9 heteroatoms. The summed E-state index contributed by atoms with van der Waals surface area (Å²) < 4.78 is 10.4. The van der Waals surface area contributed by atoms with Crippen LogP contribution in [-0.4, -0.2) is 29.1 Å². The molecule has 1 aliphatic carbocycles. The summed E-state index contributed by atoms with van der Waals surface area (Å²) in [5, 5.41) is 18.8. The molecule has 128 valence electrons. The third-order valence-electron chi connectivity index (χ3n) is 4.03. The number of nitrogens with zero attached hydrogens (tertiary/aromatic N) is 2. The van der Waals surface area contributed by atoms with E-state index >= 15 is 0 Å². The first kappa shape index (κ1) is 16.4. The van der Waals surface area contributed by atoms with E-state index in [1.807, 2.05) is 0 Å². The van der Waals surface area contributed by atoms with E-state index in [4.69, 9.17) is 21.7 Å². The van der Waals surface area contributed by atoms with E-state index in [0.717, 1.165) is 12.8 Å². The summed E-state index contributed by atoms with van der Waals surface area (Å²) in [6.45, 7) is 0.0563. The van der Waals surface area contributed by atoms with E-state index in [9.17, 15) is 10.1 Å². The fourth-order valence-electron chi connectivity index (χ4n) is 2.83. The highest BCUT2D eigenvalue weighted by Gasteiger charge is 2.22. The van der Waals surface area contributed by atoms with Crippen LogP contribution in [0.15, 0.2) is 17.2 Å². The zero-order valence-corrected chi connectivity index (χ0v) is 13.8. The van der Waals surface area contributed by atoms with Crippen LogP contribution in [0.2, 0.25) is 0 Å². The minimum Gasteiger partial charge on any atom is -0.454 e. The summed E-state index contributed by atoms with van der Waals surface area (Å²) in [6.07, 6.45) is 7.22. The number of hydrogen-bond acceptors (Lipinski definition) is 6. The molecule has 2 N–H and O–H groups in total. The van der Waals surface area contributed by atoms with Crippen molar-refractivity contribution in [1.29, 1.82) is 0 Å². The largest absolute Gasteiger partial charge is 0.454 e. The van der Waals surface area contributed by atoms with Gasteiger partial charge in [0.15, 0.2) is 16.6 Å². The molecule has 0 spiro atoms. The van der Waals surface area contributed by atoms with Crippen LogP contribution in [0.5, 0.6) is 11.5 Å². The van der Waals surface area contributed by atoms with Crippen molar-refractivity contribution < 1.29 is 14.4 Å². The fraction of sp³-hybridized carbons (Fsp3) is 0.467. The zero-order valence-electron chi connectivity index (χ0n) is 13.0. The second-order valence-electron chi connectivity index (χ2n) is 5.70. The maximum absolute atomic E-state index is 11.2. The predicted octanol–water partition coefficient (Wildman–Crippen LogP) is 2.45. The first-order chi connectivity index (χ1) is 11.6. The summed E-state index contributed by atoms with van der Waals surface area (Å²) >= 11 is 5.20. The van der Waals surface area contributed by atoms with Crippen molar-refractivity contribution in [2.45, 2.75) is 38.1 Å². The van der Waals surface area contributed by atoms with Gasteiger partial charge in [-0.1, -0.05) is 19.3 Å². The van der Waals surface area contributed by atoms with Gasteiger partial charge in [-0.05, 0) is 31.1 Å². The van der Waals surface area contributed by atoms with Crippen molar-refractivity contribution in [3.8, 4) is 11.5 Å². The van der Waals surface area contributed by atoms with Gasteiger partial charge in [0.05, 0.1) is 22.8 Å². The van der Waals surface area contributed by atoms with Crippen LogP contribution < -0.4 is 20.2 Å². The fourth-order valence-corrected chi connectivity index (χ4v) is 3.05. The maximum Gasteiger partial charge on any atom is 0.282 e. The summed E-state index contributed by atoms with van der Waals surface area (Å²) in [4.78, 5) is 10.7. The third kappa shape index (κ3) is 3.91. The lowest BCUT2D eigenvalue weighted by molar-refractivity contribution is -0.385. The van der Waals surface area contributed by atoms with Gasteiger partial charge in [-0.2, -0.15) is 5.10 Å². The van der Waals surface area contributed by atoms with Gasteiger partial charge in [0.1, 0.15) is 0 Å². The van der Waals surface area contributed by atoms with Crippen molar-refractivity contribution >= 4 is 29.2 Å². The number of nitrogens with one attached hydrogen (secondary N) is 2. The van der Waals surface area contributed by atoms with Crippen LogP contribution in [-0.2, 0) is 0 Å². The molecule has 24 heavy (non-hydrogen) atoms. The molecule has 1 aromatic carbocycles. The molecular weight excluding hydrogens is 332 g/mol. The SMILES string of the molecule is O=[N+]([O-])c1cc2c(cc1/C=N\NC(=S)NC1CCCCC1)OCO2. The number of thiocarbonyl (C=S) groups is 1. The lowest BCUT2D eigenvalue weighted by Crippen LogP contribution is -2.40. The number of hydrazone groups is 1. The Labute approximate surface area is 144 Å². The standard InChI is InChI=1S/C15H18N4O4S/c20-19(21)12-7-14-13(22-9-23-14)6-10(12)8-16-18-15(24)17-11-4-2-1-3-5-11/h6-8,11H,1-5,9H2,(H2,17,18,24)/b16-8-. The number of nitro groups is 1. The van der Waals surface area contributed by atoms with Crippen LogP contribution in [0, 0.1) is 10.1 Å². The third-order valence-corrected chi connectivity index (χ3v) is 4.24. The van der Waals surface area contributed by atoms with E-state index in [-0.39, 0.29) is 12.5 Å². The van der Waals surface area contributed by atoms with Gasteiger partial charge in [-0.15, -0.1) is 0 Å². The maximum atomic E-state index is 11.2. The second kappa shape index (κ2) is 7.43. The molecule has 0 amide bonds. The number of benzene rings is 1. The van der Waals surface area contributed by atoms with Gasteiger partial charge < -0.3 is 14.8 Å². The van der Waals surface area contributed by atoms with Crippen LogP contribution in [0.4, 0.5) is 5.69 Å². The quantitative estimate of drug-likeness (QED) is 0.372. The Kier molecular flexibility index (Phi) is 5.09. The molecule has 1 heterocycles. The zero-order chi connectivity index (χ0) is 16.9. The summed E-state index contributed by atoms with van der Waals surface area (Å²) in [5.41, 5.74) is 2.92. The summed E-state index contributed by atoms with van der Waals surface area (Å²) in [6, 6.07) is 3.24. The lowest BCUT2D eigenvalue weighted by Gasteiger charge is -2.23. The Morgan fingerprint density at radius 1 is 1.29 bits per heavy atom. The molecule has 0 radical (unpaired) electrons. The molecule has 3 rings (SSSR count). The number of hydrogen-bond donors (Lipinski definition) is 2. The number of rotatable bonds is 4. The average Bonchev–Trinajstić information content (AvgIpc) is 3.02. The highest BCUT2D eigenvalue weighted by molar-refractivity contribution is 7.80. The Balaban J connectivity index is 1.63. The Morgan fingerprint density at radius 2 is 2.00 bits per heavy atom. The van der Waals surface area contributed by atoms with Gasteiger partial charge in [0.25, 0.3) is 5.69 Å². The van der Waals surface area contributed by atoms with Crippen LogP contribution in [0.25, 0.3) is 0 Å². The molecule has 0 bridgehead atoms. The monoisotopic (exact) mass is 350 g/mol. The topological polar surface area (TPSA) is 98.0 Å². The smallest absolute Gasteiger partial charge is 0.282 e. The summed E-state index contributed by atoms with van der Waals surface area (Å²) in [5.74, 6) is 0.825. The van der Waals surface area contributed by atoms with E-state index in [0.29, 0.717) is 28.2 Å². The van der Waals surface area contributed by atoms with Crippen molar-refractivity contribution in [1.82, 2.24) is 10.7 Å². The van der Waals surface area contributed by atoms with Crippen molar-refractivity contribution in [3.63, 3.8) is 0 Å². The van der Waals surface area contributed by atoms with E-state index in [1.165, 1.54) is 37.6 Å². The van der Waals surface area contributed by atoms with Crippen molar-refractivity contribution in [2.75, 3.05) is 6.79 Å². The van der Waals surface area contributed by atoms with Gasteiger partial charge in [-0.25, -0.2) is 0 Å². The summed E-state index contributed by atoms with van der Waals surface area (Å²) in [7, 11) is 0. The van der Waals surface area contributed by atoms with Gasteiger partial charge in [-0.3, -0.25) is 15.5 Å². The molecule has 1 aliphatic heterocycles. The minimum absolute atomic E-state index is 0.0563. The van der Waals surface area contributed by atoms with Crippen LogP contribution in [0.1, 0.15) is 37.7 Å². The lowest BCUT2D eigenvalue weighted by atomic mass is 9.96. The first-order valence-corrected chi connectivity index (χ1v) is 8.22. The van der Waals surface area contributed by atoms with Gasteiger partial charge in [0, 0.05) is 6.04 Å².